The molecule has 2 rings (SSSR count). The lowest BCUT2D eigenvalue weighted by Crippen LogP contribution is -2.47. The predicted octanol–water partition coefficient (Wildman–Crippen LogP) is 0.260. The van der Waals surface area contributed by atoms with E-state index in [0.29, 0.717) is 12.5 Å². The average molecular weight is 294 g/mol. The van der Waals surface area contributed by atoms with Crippen molar-refractivity contribution in [2.75, 3.05) is 19.8 Å². The molecule has 0 bridgehead atoms. The van der Waals surface area contributed by atoms with Gasteiger partial charge in [-0.15, -0.1) is 0 Å². The van der Waals surface area contributed by atoms with E-state index in [2.05, 4.69) is 10.3 Å². The number of carbonyl (C=O) groups excluding carboxylic acids is 2. The highest BCUT2D eigenvalue weighted by molar-refractivity contribution is 5.91. The maximum Gasteiger partial charge on any atom is 0.284 e. The first-order chi connectivity index (χ1) is 9.93. The highest BCUT2D eigenvalue weighted by atomic mass is 16.5. The molecule has 0 saturated carbocycles. The second-order valence-electron chi connectivity index (χ2n) is 5.81. The molecule has 1 aliphatic heterocycles. The molecular weight excluding hydrogens is 272 g/mol. The lowest BCUT2D eigenvalue weighted by atomic mass is 9.99. The van der Waals surface area contributed by atoms with Gasteiger partial charge in [0, 0.05) is 32.2 Å². The van der Waals surface area contributed by atoms with Crippen LogP contribution in [0.2, 0.25) is 0 Å². The number of hydrogen-bond acceptors (Lipinski definition) is 4. The molecule has 21 heavy (non-hydrogen) atoms. The Balaban J connectivity index is 2.02. The van der Waals surface area contributed by atoms with Gasteiger partial charge in [0.2, 0.25) is 5.91 Å². The summed E-state index contributed by atoms with van der Waals surface area (Å²) in [6.45, 7) is 5.58. The van der Waals surface area contributed by atoms with Gasteiger partial charge in [-0.3, -0.25) is 9.59 Å². The first kappa shape index (κ1) is 15.5. The van der Waals surface area contributed by atoms with E-state index < -0.39 is 11.4 Å². The molecule has 1 aromatic rings. The fourth-order valence-electron chi connectivity index (χ4n) is 2.45. The number of imidazole rings is 1. The van der Waals surface area contributed by atoms with E-state index in [0.717, 1.165) is 26.1 Å². The molecule has 7 nitrogen and oxygen atoms in total. The number of ether oxygens (including phenoxy) is 1. The van der Waals surface area contributed by atoms with E-state index >= 15 is 0 Å². The summed E-state index contributed by atoms with van der Waals surface area (Å²) in [5, 5.41) is 2.95. The van der Waals surface area contributed by atoms with Gasteiger partial charge < -0.3 is 20.4 Å². The Morgan fingerprint density at radius 3 is 2.76 bits per heavy atom. The number of nitrogens with one attached hydrogen (secondary N) is 1. The molecule has 0 aliphatic carbocycles. The Labute approximate surface area is 123 Å². The number of amides is 2. The van der Waals surface area contributed by atoms with Gasteiger partial charge >= 0.3 is 0 Å². The van der Waals surface area contributed by atoms with Gasteiger partial charge in [0.1, 0.15) is 5.54 Å². The van der Waals surface area contributed by atoms with Crippen LogP contribution in [0.5, 0.6) is 0 Å². The summed E-state index contributed by atoms with van der Waals surface area (Å²) in [6.07, 6.45) is 4.97. The maximum atomic E-state index is 12.4. The summed E-state index contributed by atoms with van der Waals surface area (Å²) in [6, 6.07) is 0. The fourth-order valence-corrected chi connectivity index (χ4v) is 2.45. The van der Waals surface area contributed by atoms with Crippen molar-refractivity contribution in [1.29, 1.82) is 0 Å². The van der Waals surface area contributed by atoms with E-state index in [9.17, 15) is 9.59 Å². The van der Waals surface area contributed by atoms with Gasteiger partial charge in [-0.1, -0.05) is 0 Å². The summed E-state index contributed by atoms with van der Waals surface area (Å²) in [4.78, 5) is 27.7. The minimum atomic E-state index is -0.925. The smallest absolute Gasteiger partial charge is 0.284 e. The third kappa shape index (κ3) is 3.41. The zero-order chi connectivity index (χ0) is 15.5. The van der Waals surface area contributed by atoms with Crippen molar-refractivity contribution < 1.29 is 14.3 Å². The molecule has 1 aliphatic rings. The average Bonchev–Trinajstić information content (AvgIpc) is 2.96. The molecule has 1 saturated heterocycles. The predicted molar refractivity (Wildman–Crippen MR) is 76.6 cm³/mol. The van der Waals surface area contributed by atoms with Crippen LogP contribution in [0.25, 0.3) is 0 Å². The Kier molecular flexibility index (Phi) is 4.62. The van der Waals surface area contributed by atoms with Crippen LogP contribution < -0.4 is 11.1 Å². The van der Waals surface area contributed by atoms with Crippen molar-refractivity contribution in [1.82, 2.24) is 14.9 Å². The molecule has 0 radical (unpaired) electrons. The topological polar surface area (TPSA) is 99.2 Å². The van der Waals surface area contributed by atoms with Crippen molar-refractivity contribution in [3.05, 3.63) is 18.2 Å². The van der Waals surface area contributed by atoms with Gasteiger partial charge in [-0.25, -0.2) is 4.98 Å². The molecule has 0 spiro atoms. The quantitative estimate of drug-likeness (QED) is 0.813. The zero-order valence-electron chi connectivity index (χ0n) is 12.5. The van der Waals surface area contributed by atoms with Crippen molar-refractivity contribution in [3.8, 4) is 0 Å². The highest BCUT2D eigenvalue weighted by Gasteiger charge is 2.33. The third-order valence-corrected chi connectivity index (χ3v) is 3.91. The van der Waals surface area contributed by atoms with Crippen LogP contribution in [0.1, 0.15) is 37.3 Å². The third-order valence-electron chi connectivity index (χ3n) is 3.91. The van der Waals surface area contributed by atoms with Crippen molar-refractivity contribution in [2.24, 2.45) is 11.7 Å². The largest absolute Gasteiger partial charge is 0.381 e. The summed E-state index contributed by atoms with van der Waals surface area (Å²) in [5.74, 6) is -0.280. The first-order valence-electron chi connectivity index (χ1n) is 7.12. The van der Waals surface area contributed by atoms with Gasteiger partial charge in [-0.05, 0) is 32.6 Å². The number of nitrogens with zero attached hydrogens (tertiary/aromatic N) is 2. The fraction of sp³-hybridized carbons (Fsp3) is 0.643. The number of primary amides is 1. The van der Waals surface area contributed by atoms with E-state index in [1.807, 2.05) is 0 Å². The van der Waals surface area contributed by atoms with Gasteiger partial charge in [0.05, 0.1) is 0 Å². The Hall–Kier alpha value is -1.89. The number of nitrogens with two attached hydrogens (primary N) is 1. The van der Waals surface area contributed by atoms with Crippen LogP contribution >= 0.6 is 0 Å². The summed E-state index contributed by atoms with van der Waals surface area (Å²) in [5.41, 5.74) is 4.35. The number of hydrogen-bond donors (Lipinski definition) is 2. The molecule has 0 atom stereocenters. The molecule has 7 heteroatoms. The second kappa shape index (κ2) is 6.26. The van der Waals surface area contributed by atoms with E-state index in [4.69, 9.17) is 10.5 Å². The number of rotatable bonds is 5. The molecule has 0 unspecified atom stereocenters. The maximum absolute atomic E-state index is 12.4. The molecule has 2 amide bonds. The van der Waals surface area contributed by atoms with Gasteiger partial charge in [0.15, 0.2) is 5.82 Å². The van der Waals surface area contributed by atoms with Crippen molar-refractivity contribution >= 4 is 11.8 Å². The van der Waals surface area contributed by atoms with E-state index in [1.54, 1.807) is 20.0 Å². The van der Waals surface area contributed by atoms with Crippen LogP contribution in [0, 0.1) is 5.92 Å². The summed E-state index contributed by atoms with van der Waals surface area (Å²) >= 11 is 0. The molecule has 3 N–H and O–H groups in total. The van der Waals surface area contributed by atoms with Crippen molar-refractivity contribution in [2.45, 2.75) is 32.2 Å². The molecular formula is C14H22N4O3. The summed E-state index contributed by atoms with van der Waals surface area (Å²) < 4.78 is 6.81. The van der Waals surface area contributed by atoms with Crippen molar-refractivity contribution in [3.63, 3.8) is 0 Å². The summed E-state index contributed by atoms with van der Waals surface area (Å²) in [7, 11) is 0. The first-order valence-corrected chi connectivity index (χ1v) is 7.12. The van der Waals surface area contributed by atoms with Crippen LogP contribution in [-0.2, 0) is 15.1 Å². The Bertz CT molecular complexity index is 518. The number of carbonyl (C=O) groups is 2. The monoisotopic (exact) mass is 294 g/mol. The van der Waals surface area contributed by atoms with Crippen LogP contribution in [0.4, 0.5) is 0 Å². The normalized spacial score (nSPS) is 16.7. The zero-order valence-corrected chi connectivity index (χ0v) is 12.5. The number of aromatic nitrogens is 2. The standard InChI is InChI=1S/C14H22N4O3/c1-14(2,18-6-5-16-12(18)11(15)19)13(20)17-9-10-3-7-21-8-4-10/h5-6,10H,3-4,7-9H2,1-2H3,(H2,15,19)(H,17,20). The molecule has 0 aromatic carbocycles. The highest BCUT2D eigenvalue weighted by Crippen LogP contribution is 2.19. The minimum absolute atomic E-state index is 0.0845. The van der Waals surface area contributed by atoms with Gasteiger partial charge in [0.25, 0.3) is 5.91 Å². The van der Waals surface area contributed by atoms with E-state index in [1.165, 1.54) is 10.8 Å². The molecule has 116 valence electrons. The lowest BCUT2D eigenvalue weighted by Gasteiger charge is -2.28. The molecule has 2 heterocycles. The minimum Gasteiger partial charge on any atom is -0.381 e. The van der Waals surface area contributed by atoms with E-state index in [-0.39, 0.29) is 11.7 Å². The van der Waals surface area contributed by atoms with Crippen LogP contribution in [-0.4, -0.2) is 41.1 Å². The lowest BCUT2D eigenvalue weighted by molar-refractivity contribution is -0.128. The molecule has 1 fully saturated rings. The van der Waals surface area contributed by atoms with Gasteiger partial charge in [-0.2, -0.15) is 0 Å². The Morgan fingerprint density at radius 2 is 2.14 bits per heavy atom. The molecule has 1 aromatic heterocycles. The van der Waals surface area contributed by atoms with Crippen LogP contribution in [0.15, 0.2) is 12.4 Å². The second-order valence-corrected chi connectivity index (χ2v) is 5.81. The SMILES string of the molecule is CC(C)(C(=O)NCC1CCOCC1)n1ccnc1C(N)=O. The Morgan fingerprint density at radius 1 is 1.48 bits per heavy atom. The van der Waals surface area contributed by atoms with Crippen LogP contribution in [0.3, 0.4) is 0 Å².